The molecule has 0 aliphatic carbocycles. The fraction of sp³-hybridized carbons (Fsp3) is 0.545. The first kappa shape index (κ1) is 11.8. The van der Waals surface area contributed by atoms with E-state index in [2.05, 4.69) is 14.9 Å². The van der Waals surface area contributed by atoms with Gasteiger partial charge in [0.05, 0.1) is 18.5 Å². The SMILES string of the molecule is COC1CCCN(c2cnc(C(=O)O)cn2)C1. The molecule has 0 aromatic carbocycles. The molecule has 2 rings (SSSR count). The molecule has 1 aromatic heterocycles. The fourth-order valence-electron chi connectivity index (χ4n) is 1.93. The van der Waals surface area contributed by atoms with Crippen LogP contribution in [0, 0.1) is 0 Å². The molecule has 17 heavy (non-hydrogen) atoms. The van der Waals surface area contributed by atoms with Crippen LogP contribution in [0.4, 0.5) is 5.82 Å². The highest BCUT2D eigenvalue weighted by Gasteiger charge is 2.20. The van der Waals surface area contributed by atoms with E-state index >= 15 is 0 Å². The normalized spacial score (nSPS) is 20.3. The summed E-state index contributed by atoms with van der Waals surface area (Å²) in [4.78, 5) is 20.7. The van der Waals surface area contributed by atoms with Crippen LogP contribution in [0.2, 0.25) is 0 Å². The summed E-state index contributed by atoms with van der Waals surface area (Å²) in [5, 5.41) is 8.73. The van der Waals surface area contributed by atoms with Crippen LogP contribution >= 0.6 is 0 Å². The van der Waals surface area contributed by atoms with Gasteiger partial charge in [-0.2, -0.15) is 0 Å². The number of methoxy groups -OCH3 is 1. The van der Waals surface area contributed by atoms with Crippen molar-refractivity contribution in [3.63, 3.8) is 0 Å². The van der Waals surface area contributed by atoms with Gasteiger partial charge in [0.15, 0.2) is 5.69 Å². The molecule has 0 spiro atoms. The van der Waals surface area contributed by atoms with Crippen LogP contribution in [-0.2, 0) is 4.74 Å². The van der Waals surface area contributed by atoms with Crippen molar-refractivity contribution >= 4 is 11.8 Å². The molecule has 1 N–H and O–H groups in total. The Bertz CT molecular complexity index is 393. The van der Waals surface area contributed by atoms with Gasteiger partial charge in [-0.1, -0.05) is 0 Å². The van der Waals surface area contributed by atoms with E-state index < -0.39 is 5.97 Å². The second-order valence-corrected chi connectivity index (χ2v) is 4.01. The zero-order valence-corrected chi connectivity index (χ0v) is 9.67. The van der Waals surface area contributed by atoms with Crippen LogP contribution in [-0.4, -0.2) is 47.3 Å². The number of piperidine rings is 1. The zero-order chi connectivity index (χ0) is 12.3. The lowest BCUT2D eigenvalue weighted by atomic mass is 10.1. The van der Waals surface area contributed by atoms with Crippen LogP contribution < -0.4 is 4.90 Å². The maximum Gasteiger partial charge on any atom is 0.356 e. The minimum Gasteiger partial charge on any atom is -0.476 e. The first-order valence-corrected chi connectivity index (χ1v) is 5.54. The van der Waals surface area contributed by atoms with E-state index in [4.69, 9.17) is 9.84 Å². The highest BCUT2D eigenvalue weighted by molar-refractivity contribution is 5.84. The van der Waals surface area contributed by atoms with Crippen molar-refractivity contribution in [2.24, 2.45) is 0 Å². The van der Waals surface area contributed by atoms with Crippen molar-refractivity contribution in [1.29, 1.82) is 0 Å². The zero-order valence-electron chi connectivity index (χ0n) is 9.67. The van der Waals surface area contributed by atoms with E-state index in [1.807, 2.05) is 0 Å². The Balaban J connectivity index is 2.08. The number of carbonyl (C=O) groups is 1. The second kappa shape index (κ2) is 5.09. The minimum atomic E-state index is -1.06. The molecule has 1 atom stereocenters. The first-order chi connectivity index (χ1) is 8.20. The van der Waals surface area contributed by atoms with Crippen LogP contribution in [0.3, 0.4) is 0 Å². The summed E-state index contributed by atoms with van der Waals surface area (Å²) >= 11 is 0. The topological polar surface area (TPSA) is 75.5 Å². The number of hydrogen-bond donors (Lipinski definition) is 1. The number of hydrogen-bond acceptors (Lipinski definition) is 5. The number of anilines is 1. The Labute approximate surface area is 99.2 Å². The standard InChI is InChI=1S/C11H15N3O3/c1-17-8-3-2-4-14(7-8)10-6-12-9(5-13-10)11(15)16/h5-6,8H,2-4,7H2,1H3,(H,15,16). The molecule has 92 valence electrons. The molecule has 0 saturated carbocycles. The number of nitrogens with zero attached hydrogens (tertiary/aromatic N) is 3. The molecule has 2 heterocycles. The molecule has 0 radical (unpaired) electrons. The van der Waals surface area contributed by atoms with Crippen molar-refractivity contribution < 1.29 is 14.6 Å². The summed E-state index contributed by atoms with van der Waals surface area (Å²) in [5.74, 6) is -0.353. The predicted molar refractivity (Wildman–Crippen MR) is 61.2 cm³/mol. The summed E-state index contributed by atoms with van der Waals surface area (Å²) in [6.45, 7) is 1.68. The van der Waals surface area contributed by atoms with Gasteiger partial charge in [0.1, 0.15) is 5.82 Å². The molecule has 6 nitrogen and oxygen atoms in total. The smallest absolute Gasteiger partial charge is 0.356 e. The Morgan fingerprint density at radius 3 is 2.94 bits per heavy atom. The maximum absolute atomic E-state index is 10.7. The van der Waals surface area contributed by atoms with Gasteiger partial charge in [-0.05, 0) is 12.8 Å². The number of carboxylic acids is 1. The molecule has 1 aromatic rings. The highest BCUT2D eigenvalue weighted by atomic mass is 16.5. The van der Waals surface area contributed by atoms with Gasteiger partial charge in [-0.3, -0.25) is 0 Å². The molecule has 1 aliphatic heterocycles. The van der Waals surface area contributed by atoms with Gasteiger partial charge >= 0.3 is 5.97 Å². The Morgan fingerprint density at radius 2 is 2.35 bits per heavy atom. The Hall–Kier alpha value is -1.69. The fourth-order valence-corrected chi connectivity index (χ4v) is 1.93. The van der Waals surface area contributed by atoms with Gasteiger partial charge in [0.25, 0.3) is 0 Å². The lowest BCUT2D eigenvalue weighted by molar-refractivity contribution is 0.0689. The molecule has 1 unspecified atom stereocenters. The molecular weight excluding hydrogens is 222 g/mol. The third-order valence-electron chi connectivity index (χ3n) is 2.89. The van der Waals surface area contributed by atoms with Gasteiger partial charge in [-0.25, -0.2) is 14.8 Å². The number of aromatic nitrogens is 2. The van der Waals surface area contributed by atoms with Crippen molar-refractivity contribution in [2.45, 2.75) is 18.9 Å². The lowest BCUT2D eigenvalue weighted by Crippen LogP contribution is -2.39. The van der Waals surface area contributed by atoms with E-state index in [1.54, 1.807) is 7.11 Å². The summed E-state index contributed by atoms with van der Waals surface area (Å²) in [5.41, 5.74) is -0.0333. The quantitative estimate of drug-likeness (QED) is 0.837. The van der Waals surface area contributed by atoms with E-state index in [-0.39, 0.29) is 11.8 Å². The van der Waals surface area contributed by atoms with Gasteiger partial charge in [-0.15, -0.1) is 0 Å². The molecular formula is C11H15N3O3. The lowest BCUT2D eigenvalue weighted by Gasteiger charge is -2.32. The molecule has 1 aliphatic rings. The maximum atomic E-state index is 10.7. The third-order valence-corrected chi connectivity index (χ3v) is 2.89. The minimum absolute atomic E-state index is 0.0333. The van der Waals surface area contributed by atoms with E-state index in [9.17, 15) is 4.79 Å². The van der Waals surface area contributed by atoms with Gasteiger partial charge in [0, 0.05) is 20.2 Å². The largest absolute Gasteiger partial charge is 0.476 e. The predicted octanol–water partition coefficient (Wildman–Crippen LogP) is 0.790. The van der Waals surface area contributed by atoms with Crippen molar-refractivity contribution in [2.75, 3.05) is 25.1 Å². The third kappa shape index (κ3) is 2.71. The average Bonchev–Trinajstić information content (AvgIpc) is 2.39. The van der Waals surface area contributed by atoms with E-state index in [0.717, 1.165) is 25.9 Å². The molecule has 0 bridgehead atoms. The number of carboxylic acid groups (broad SMARTS) is 1. The van der Waals surface area contributed by atoms with Crippen molar-refractivity contribution in [3.05, 3.63) is 18.1 Å². The Kier molecular flexibility index (Phi) is 3.53. The number of rotatable bonds is 3. The molecule has 0 amide bonds. The summed E-state index contributed by atoms with van der Waals surface area (Å²) < 4.78 is 5.32. The number of aromatic carboxylic acids is 1. The average molecular weight is 237 g/mol. The molecule has 6 heteroatoms. The Morgan fingerprint density at radius 1 is 1.53 bits per heavy atom. The first-order valence-electron chi connectivity index (χ1n) is 5.54. The van der Waals surface area contributed by atoms with Crippen LogP contribution in [0.25, 0.3) is 0 Å². The van der Waals surface area contributed by atoms with Gasteiger partial charge in [0.2, 0.25) is 0 Å². The van der Waals surface area contributed by atoms with Crippen molar-refractivity contribution in [1.82, 2.24) is 9.97 Å². The van der Waals surface area contributed by atoms with Crippen molar-refractivity contribution in [3.8, 4) is 0 Å². The van der Waals surface area contributed by atoms with E-state index in [0.29, 0.717) is 5.82 Å². The van der Waals surface area contributed by atoms with Gasteiger partial charge < -0.3 is 14.7 Å². The van der Waals surface area contributed by atoms with E-state index in [1.165, 1.54) is 12.4 Å². The summed E-state index contributed by atoms with van der Waals surface area (Å²) in [6, 6.07) is 0. The summed E-state index contributed by atoms with van der Waals surface area (Å²) in [7, 11) is 1.70. The summed E-state index contributed by atoms with van der Waals surface area (Å²) in [6.07, 6.45) is 5.09. The molecule has 1 fully saturated rings. The molecule has 1 saturated heterocycles. The monoisotopic (exact) mass is 237 g/mol. The van der Waals surface area contributed by atoms with Crippen LogP contribution in [0.5, 0.6) is 0 Å². The highest BCUT2D eigenvalue weighted by Crippen LogP contribution is 2.18. The van der Waals surface area contributed by atoms with Crippen LogP contribution in [0.15, 0.2) is 12.4 Å². The number of ether oxygens (including phenoxy) is 1. The van der Waals surface area contributed by atoms with Crippen LogP contribution in [0.1, 0.15) is 23.3 Å². The second-order valence-electron chi connectivity index (χ2n) is 4.01.